The third-order valence-corrected chi connectivity index (χ3v) is 5.70. The van der Waals surface area contributed by atoms with Crippen LogP contribution in [-0.2, 0) is 22.4 Å². The van der Waals surface area contributed by atoms with Crippen LogP contribution >= 0.6 is 11.3 Å². The number of amides is 2. The van der Waals surface area contributed by atoms with Gasteiger partial charge >= 0.3 is 0 Å². The van der Waals surface area contributed by atoms with E-state index in [0.29, 0.717) is 16.3 Å². The number of aliphatic carboxylic acids is 1. The molecule has 142 valence electrons. The number of carbonyl (C=O) groups excluding carboxylic acids is 3. The van der Waals surface area contributed by atoms with Crippen molar-refractivity contribution in [1.29, 1.82) is 0 Å². The fourth-order valence-corrected chi connectivity index (χ4v) is 4.49. The summed E-state index contributed by atoms with van der Waals surface area (Å²) in [6.07, 6.45) is 4.36. The highest BCUT2D eigenvalue weighted by Gasteiger charge is 2.25. The van der Waals surface area contributed by atoms with Gasteiger partial charge in [0.05, 0.1) is 5.56 Å². The molecule has 2 amide bonds. The number of rotatable bonds is 6. The Hall–Kier alpha value is -2.67. The van der Waals surface area contributed by atoms with E-state index in [4.69, 9.17) is 0 Å². The van der Waals surface area contributed by atoms with Crippen LogP contribution in [-0.4, -0.2) is 17.8 Å². The second kappa shape index (κ2) is 8.81. The summed E-state index contributed by atoms with van der Waals surface area (Å²) in [6.45, 7) is 0. The van der Waals surface area contributed by atoms with Gasteiger partial charge in [-0.25, -0.2) is 0 Å². The van der Waals surface area contributed by atoms with E-state index in [2.05, 4.69) is 10.6 Å². The van der Waals surface area contributed by atoms with Crippen LogP contribution in [0.3, 0.4) is 0 Å². The molecule has 1 aliphatic carbocycles. The molecular weight excluding hydrogens is 364 g/mol. The molecule has 27 heavy (non-hydrogen) atoms. The van der Waals surface area contributed by atoms with Crippen LogP contribution in [0.1, 0.15) is 52.9 Å². The Morgan fingerprint density at radius 2 is 1.70 bits per heavy atom. The molecule has 2 N–H and O–H groups in total. The number of nitrogens with one attached hydrogen (secondary N) is 2. The monoisotopic (exact) mass is 385 g/mol. The zero-order chi connectivity index (χ0) is 19.2. The third kappa shape index (κ3) is 4.95. The SMILES string of the molecule is O=C([O-])CCC(=O)Nc1sc2c(c1C(=O)Nc1ccccc1)CCCCC2. The van der Waals surface area contributed by atoms with Crippen molar-refractivity contribution in [3.8, 4) is 0 Å². The van der Waals surface area contributed by atoms with Gasteiger partial charge in [0.25, 0.3) is 5.91 Å². The number of fused-ring (bicyclic) bond motifs is 1. The Kier molecular flexibility index (Phi) is 6.24. The first kappa shape index (κ1) is 19.1. The second-order valence-electron chi connectivity index (χ2n) is 6.51. The van der Waals surface area contributed by atoms with E-state index < -0.39 is 11.9 Å². The van der Waals surface area contributed by atoms with Gasteiger partial charge in [0.15, 0.2) is 0 Å². The number of anilines is 2. The normalized spacial score (nSPS) is 13.3. The molecule has 2 aromatic rings. The minimum Gasteiger partial charge on any atom is -0.550 e. The topological polar surface area (TPSA) is 98.3 Å². The second-order valence-corrected chi connectivity index (χ2v) is 7.61. The minimum atomic E-state index is -1.27. The van der Waals surface area contributed by atoms with Crippen molar-refractivity contribution in [2.24, 2.45) is 0 Å². The van der Waals surface area contributed by atoms with Crippen LogP contribution in [0.25, 0.3) is 0 Å². The summed E-state index contributed by atoms with van der Waals surface area (Å²) in [5.41, 5.74) is 2.19. The summed E-state index contributed by atoms with van der Waals surface area (Å²) < 4.78 is 0. The largest absolute Gasteiger partial charge is 0.550 e. The fraction of sp³-hybridized carbons (Fsp3) is 0.350. The summed E-state index contributed by atoms with van der Waals surface area (Å²) in [5.74, 6) is -1.95. The third-order valence-electron chi connectivity index (χ3n) is 4.49. The van der Waals surface area contributed by atoms with E-state index in [0.717, 1.165) is 42.5 Å². The van der Waals surface area contributed by atoms with Crippen LogP contribution in [0.2, 0.25) is 0 Å². The van der Waals surface area contributed by atoms with E-state index in [1.54, 1.807) is 12.1 Å². The molecule has 0 radical (unpaired) electrons. The Labute approximate surface area is 161 Å². The van der Waals surface area contributed by atoms with Crippen molar-refractivity contribution in [3.63, 3.8) is 0 Å². The summed E-state index contributed by atoms with van der Waals surface area (Å²) in [5, 5.41) is 16.7. The standard InChI is InChI=1S/C20H22N2O4S/c23-16(11-12-17(24)25)22-20-18(14-9-5-2-6-10-15(14)27-20)19(26)21-13-7-3-1-4-8-13/h1,3-4,7-8H,2,5-6,9-12H2,(H,21,26)(H,22,23)(H,24,25)/p-1. The molecule has 1 aromatic heterocycles. The van der Waals surface area contributed by atoms with Gasteiger partial charge in [-0.1, -0.05) is 24.6 Å². The number of aryl methyl sites for hydroxylation is 1. The Balaban J connectivity index is 1.87. The van der Waals surface area contributed by atoms with Crippen LogP contribution in [0, 0.1) is 0 Å². The first-order valence-corrected chi connectivity index (χ1v) is 9.87. The molecule has 0 saturated heterocycles. The van der Waals surface area contributed by atoms with Gasteiger partial charge < -0.3 is 20.5 Å². The molecule has 7 heteroatoms. The zero-order valence-electron chi connectivity index (χ0n) is 14.9. The number of benzene rings is 1. The fourth-order valence-electron chi connectivity index (χ4n) is 3.19. The Morgan fingerprint density at radius 3 is 2.44 bits per heavy atom. The maximum atomic E-state index is 13.0. The summed E-state index contributed by atoms with van der Waals surface area (Å²) in [7, 11) is 0. The van der Waals surface area contributed by atoms with E-state index in [9.17, 15) is 19.5 Å². The first-order valence-electron chi connectivity index (χ1n) is 9.05. The van der Waals surface area contributed by atoms with Crippen LogP contribution < -0.4 is 15.7 Å². The summed E-state index contributed by atoms with van der Waals surface area (Å²) in [6, 6.07) is 9.16. The molecule has 1 heterocycles. The molecule has 0 unspecified atom stereocenters. The lowest BCUT2D eigenvalue weighted by Gasteiger charge is -2.10. The predicted octanol–water partition coefficient (Wildman–Crippen LogP) is 2.74. The van der Waals surface area contributed by atoms with Crippen molar-refractivity contribution in [2.45, 2.75) is 44.9 Å². The van der Waals surface area contributed by atoms with Gasteiger partial charge in [-0.2, -0.15) is 0 Å². The van der Waals surface area contributed by atoms with Crippen molar-refractivity contribution >= 4 is 39.8 Å². The molecule has 0 bridgehead atoms. The number of para-hydroxylation sites is 1. The van der Waals surface area contributed by atoms with E-state index >= 15 is 0 Å². The highest BCUT2D eigenvalue weighted by Crippen LogP contribution is 2.38. The molecule has 1 aromatic carbocycles. The molecule has 0 saturated carbocycles. The number of carbonyl (C=O) groups is 3. The van der Waals surface area contributed by atoms with Crippen molar-refractivity contribution in [1.82, 2.24) is 0 Å². The number of hydrogen-bond acceptors (Lipinski definition) is 5. The van der Waals surface area contributed by atoms with Crippen LogP contribution in [0.5, 0.6) is 0 Å². The van der Waals surface area contributed by atoms with Crippen molar-refractivity contribution in [3.05, 3.63) is 46.3 Å². The molecule has 0 spiro atoms. The predicted molar refractivity (Wildman–Crippen MR) is 103 cm³/mol. The number of thiophene rings is 1. The van der Waals surface area contributed by atoms with Gasteiger partial charge in [0.2, 0.25) is 5.91 Å². The lowest BCUT2D eigenvalue weighted by molar-refractivity contribution is -0.305. The smallest absolute Gasteiger partial charge is 0.258 e. The highest BCUT2D eigenvalue weighted by atomic mass is 32.1. The summed E-state index contributed by atoms with van der Waals surface area (Å²) in [4.78, 5) is 36.8. The van der Waals surface area contributed by atoms with E-state index in [1.807, 2.05) is 18.2 Å². The summed E-state index contributed by atoms with van der Waals surface area (Å²) >= 11 is 1.42. The highest BCUT2D eigenvalue weighted by molar-refractivity contribution is 7.17. The average Bonchev–Trinajstić information content (AvgIpc) is 2.81. The van der Waals surface area contributed by atoms with E-state index in [-0.39, 0.29) is 18.7 Å². The van der Waals surface area contributed by atoms with Crippen LogP contribution in [0.4, 0.5) is 10.7 Å². The molecule has 0 atom stereocenters. The molecule has 3 rings (SSSR count). The average molecular weight is 385 g/mol. The molecular formula is C20H21N2O4S-. The minimum absolute atomic E-state index is 0.176. The molecule has 0 fully saturated rings. The van der Waals surface area contributed by atoms with Gasteiger partial charge in [0.1, 0.15) is 5.00 Å². The lowest BCUT2D eigenvalue weighted by Crippen LogP contribution is -2.24. The zero-order valence-corrected chi connectivity index (χ0v) is 15.7. The van der Waals surface area contributed by atoms with Crippen molar-refractivity contribution < 1.29 is 19.5 Å². The molecule has 1 aliphatic rings. The van der Waals surface area contributed by atoms with Gasteiger partial charge in [-0.15, -0.1) is 11.3 Å². The van der Waals surface area contributed by atoms with Gasteiger partial charge in [-0.05, 0) is 49.8 Å². The van der Waals surface area contributed by atoms with Crippen LogP contribution in [0.15, 0.2) is 30.3 Å². The number of carboxylic acids is 1. The van der Waals surface area contributed by atoms with E-state index in [1.165, 1.54) is 11.3 Å². The van der Waals surface area contributed by atoms with Gasteiger partial charge in [-0.3, -0.25) is 9.59 Å². The Morgan fingerprint density at radius 1 is 0.963 bits per heavy atom. The maximum absolute atomic E-state index is 13.0. The maximum Gasteiger partial charge on any atom is 0.258 e. The van der Waals surface area contributed by atoms with Gasteiger partial charge in [0, 0.05) is 23.0 Å². The number of hydrogen-bond donors (Lipinski definition) is 2. The molecule has 6 nitrogen and oxygen atoms in total. The lowest BCUT2D eigenvalue weighted by atomic mass is 10.0. The quantitative estimate of drug-likeness (QED) is 0.747. The molecule has 0 aliphatic heterocycles. The Bertz CT molecular complexity index is 845. The first-order chi connectivity index (χ1) is 13.0. The van der Waals surface area contributed by atoms with Crippen molar-refractivity contribution in [2.75, 3.05) is 10.6 Å². The number of carboxylic acid groups (broad SMARTS) is 1.